The summed E-state index contributed by atoms with van der Waals surface area (Å²) in [5, 5.41) is 15.0. The Morgan fingerprint density at radius 1 is 1.17 bits per heavy atom. The van der Waals surface area contributed by atoms with E-state index in [1.807, 2.05) is 38.1 Å². The van der Waals surface area contributed by atoms with Gasteiger partial charge in [-0.2, -0.15) is 4.98 Å². The molecule has 0 aliphatic rings. The van der Waals surface area contributed by atoms with E-state index in [9.17, 15) is 14.9 Å². The third kappa shape index (κ3) is 5.04. The molecule has 0 spiro atoms. The second kappa shape index (κ2) is 9.09. The lowest BCUT2D eigenvalue weighted by Gasteiger charge is -2.21. The van der Waals surface area contributed by atoms with E-state index < -0.39 is 4.92 Å². The summed E-state index contributed by atoms with van der Waals surface area (Å²) in [6.07, 6.45) is 1.17. The third-order valence-corrected chi connectivity index (χ3v) is 4.42. The molecule has 3 aromatic rings. The first-order valence-electron chi connectivity index (χ1n) is 9.41. The maximum absolute atomic E-state index is 12.8. The summed E-state index contributed by atoms with van der Waals surface area (Å²) in [6.45, 7) is 4.87. The second-order valence-electron chi connectivity index (χ2n) is 6.73. The molecule has 0 N–H and O–H groups in total. The minimum atomic E-state index is -0.508. The van der Waals surface area contributed by atoms with Gasteiger partial charge >= 0.3 is 0 Å². The number of aryl methyl sites for hydroxylation is 1. The van der Waals surface area contributed by atoms with Crippen LogP contribution in [-0.4, -0.2) is 39.0 Å². The number of hydrogen-bond donors (Lipinski definition) is 0. The first-order valence-corrected chi connectivity index (χ1v) is 9.41. The molecule has 0 bridgehead atoms. The normalized spacial score (nSPS) is 10.7. The maximum Gasteiger partial charge on any atom is 0.270 e. The Morgan fingerprint density at radius 3 is 2.69 bits per heavy atom. The van der Waals surface area contributed by atoms with E-state index >= 15 is 0 Å². The number of carbonyl (C=O) groups excluding carboxylic acids is 1. The predicted molar refractivity (Wildman–Crippen MR) is 107 cm³/mol. The zero-order valence-electron chi connectivity index (χ0n) is 16.4. The van der Waals surface area contributed by atoms with Gasteiger partial charge < -0.3 is 9.42 Å². The van der Waals surface area contributed by atoms with E-state index in [0.29, 0.717) is 36.8 Å². The highest BCUT2D eigenvalue weighted by Crippen LogP contribution is 2.18. The molecule has 3 rings (SSSR count). The van der Waals surface area contributed by atoms with Gasteiger partial charge in [-0.15, -0.1) is 0 Å². The molecule has 8 heteroatoms. The van der Waals surface area contributed by atoms with E-state index in [1.54, 1.807) is 11.0 Å². The van der Waals surface area contributed by atoms with Crippen molar-refractivity contribution in [3.05, 3.63) is 75.7 Å². The molecule has 0 saturated heterocycles. The van der Waals surface area contributed by atoms with E-state index in [4.69, 9.17) is 4.52 Å². The molecule has 0 aliphatic heterocycles. The monoisotopic (exact) mass is 394 g/mol. The topological polar surface area (TPSA) is 102 Å². The molecule has 150 valence electrons. The largest absolute Gasteiger partial charge is 0.339 e. The molecular formula is C21H22N4O4. The van der Waals surface area contributed by atoms with Crippen LogP contribution in [0.5, 0.6) is 0 Å². The van der Waals surface area contributed by atoms with Gasteiger partial charge in [0, 0.05) is 42.8 Å². The molecule has 8 nitrogen and oxygen atoms in total. The van der Waals surface area contributed by atoms with Crippen LogP contribution >= 0.6 is 0 Å². The fourth-order valence-electron chi connectivity index (χ4n) is 3.01. The van der Waals surface area contributed by atoms with Crippen LogP contribution in [-0.2, 0) is 6.42 Å². The van der Waals surface area contributed by atoms with Gasteiger partial charge in [0.25, 0.3) is 11.6 Å². The van der Waals surface area contributed by atoms with Crippen molar-refractivity contribution >= 4 is 11.6 Å². The smallest absolute Gasteiger partial charge is 0.270 e. The van der Waals surface area contributed by atoms with Crippen LogP contribution in [0.25, 0.3) is 11.4 Å². The highest BCUT2D eigenvalue weighted by Gasteiger charge is 2.19. The maximum atomic E-state index is 12.8. The van der Waals surface area contributed by atoms with Gasteiger partial charge in [0.1, 0.15) is 0 Å². The molecule has 0 atom stereocenters. The van der Waals surface area contributed by atoms with Gasteiger partial charge in [0.15, 0.2) is 0 Å². The van der Waals surface area contributed by atoms with Crippen LogP contribution in [0.1, 0.15) is 35.2 Å². The second-order valence-corrected chi connectivity index (χ2v) is 6.73. The Bertz CT molecular complexity index is 1020. The Hall–Kier alpha value is -3.55. The number of non-ortho nitro benzene ring substituents is 1. The summed E-state index contributed by atoms with van der Waals surface area (Å²) in [5.41, 5.74) is 2.16. The van der Waals surface area contributed by atoms with Crippen molar-refractivity contribution in [2.24, 2.45) is 0 Å². The lowest BCUT2D eigenvalue weighted by molar-refractivity contribution is -0.384. The van der Waals surface area contributed by atoms with E-state index in [1.165, 1.54) is 18.2 Å². The summed E-state index contributed by atoms with van der Waals surface area (Å²) in [5.74, 6) is 0.694. The lowest BCUT2D eigenvalue weighted by atomic mass is 10.1. The van der Waals surface area contributed by atoms with Crippen LogP contribution in [0.3, 0.4) is 0 Å². The average molecular weight is 394 g/mol. The standard InChI is InChI=1S/C21H22N4O4/c1-3-11-24(21(26)17-8-5-9-18(14-17)25(27)28)12-10-19-22-20(23-29-19)16-7-4-6-15(2)13-16/h4-9,13-14H,3,10-12H2,1-2H3. The average Bonchev–Trinajstić information content (AvgIpc) is 3.20. The van der Waals surface area contributed by atoms with Crippen molar-refractivity contribution in [3.63, 3.8) is 0 Å². The summed E-state index contributed by atoms with van der Waals surface area (Å²) < 4.78 is 5.34. The zero-order chi connectivity index (χ0) is 20.8. The number of nitrogens with zero attached hydrogens (tertiary/aromatic N) is 4. The quantitative estimate of drug-likeness (QED) is 0.422. The molecule has 1 heterocycles. The number of benzene rings is 2. The minimum absolute atomic E-state index is 0.105. The number of amides is 1. The Labute approximate surface area is 168 Å². The van der Waals surface area contributed by atoms with Gasteiger partial charge in [-0.3, -0.25) is 14.9 Å². The van der Waals surface area contributed by atoms with Gasteiger partial charge in [-0.05, 0) is 25.5 Å². The molecule has 2 aromatic carbocycles. The molecule has 1 aromatic heterocycles. The van der Waals surface area contributed by atoms with Gasteiger partial charge in [-0.1, -0.05) is 41.9 Å². The molecule has 0 radical (unpaired) electrons. The molecule has 29 heavy (non-hydrogen) atoms. The highest BCUT2D eigenvalue weighted by molar-refractivity contribution is 5.94. The highest BCUT2D eigenvalue weighted by atomic mass is 16.6. The van der Waals surface area contributed by atoms with Gasteiger partial charge in [0.05, 0.1) is 4.92 Å². The number of aromatic nitrogens is 2. The fraction of sp³-hybridized carbons (Fsp3) is 0.286. The Kier molecular flexibility index (Phi) is 6.33. The number of hydrogen-bond acceptors (Lipinski definition) is 6. The number of nitro groups is 1. The third-order valence-electron chi connectivity index (χ3n) is 4.42. The first kappa shape index (κ1) is 20.2. The van der Waals surface area contributed by atoms with Crippen molar-refractivity contribution in [1.82, 2.24) is 15.0 Å². The van der Waals surface area contributed by atoms with Gasteiger partial charge in [-0.25, -0.2) is 0 Å². The Balaban J connectivity index is 1.70. The SMILES string of the molecule is CCCN(CCc1nc(-c2cccc(C)c2)no1)C(=O)c1cccc([N+](=O)[O-])c1. The predicted octanol–water partition coefficient (Wildman–Crippen LogP) is 4.05. The molecule has 0 saturated carbocycles. The van der Waals surface area contributed by atoms with Crippen LogP contribution in [0.4, 0.5) is 5.69 Å². The summed E-state index contributed by atoms with van der Waals surface area (Å²) >= 11 is 0. The van der Waals surface area contributed by atoms with Crippen molar-refractivity contribution in [3.8, 4) is 11.4 Å². The van der Waals surface area contributed by atoms with Crippen LogP contribution in [0.15, 0.2) is 53.1 Å². The molecule has 0 aliphatic carbocycles. The first-order chi connectivity index (χ1) is 14.0. The molecule has 0 fully saturated rings. The summed E-state index contributed by atoms with van der Waals surface area (Å²) in [6, 6.07) is 13.6. The zero-order valence-corrected chi connectivity index (χ0v) is 16.4. The number of nitro benzene ring substituents is 1. The van der Waals surface area contributed by atoms with Gasteiger partial charge in [0.2, 0.25) is 11.7 Å². The van der Waals surface area contributed by atoms with E-state index in [2.05, 4.69) is 10.1 Å². The minimum Gasteiger partial charge on any atom is -0.339 e. The van der Waals surface area contributed by atoms with Crippen molar-refractivity contribution < 1.29 is 14.2 Å². The number of rotatable bonds is 8. The van der Waals surface area contributed by atoms with E-state index in [0.717, 1.165) is 17.5 Å². The van der Waals surface area contributed by atoms with Crippen molar-refractivity contribution in [2.75, 3.05) is 13.1 Å². The lowest BCUT2D eigenvalue weighted by Crippen LogP contribution is -2.33. The van der Waals surface area contributed by atoms with E-state index in [-0.39, 0.29) is 11.6 Å². The van der Waals surface area contributed by atoms with Crippen LogP contribution in [0.2, 0.25) is 0 Å². The summed E-state index contributed by atoms with van der Waals surface area (Å²) in [7, 11) is 0. The molecule has 1 amide bonds. The van der Waals surface area contributed by atoms with Crippen molar-refractivity contribution in [2.45, 2.75) is 26.7 Å². The van der Waals surface area contributed by atoms with Crippen LogP contribution < -0.4 is 0 Å². The number of carbonyl (C=O) groups is 1. The Morgan fingerprint density at radius 2 is 1.97 bits per heavy atom. The molecular weight excluding hydrogens is 372 g/mol. The summed E-state index contributed by atoms with van der Waals surface area (Å²) in [4.78, 5) is 29.4. The van der Waals surface area contributed by atoms with Crippen molar-refractivity contribution in [1.29, 1.82) is 0 Å². The van der Waals surface area contributed by atoms with Crippen LogP contribution in [0, 0.1) is 17.0 Å². The molecule has 0 unspecified atom stereocenters. The fourth-order valence-corrected chi connectivity index (χ4v) is 3.01.